The van der Waals surface area contributed by atoms with E-state index in [0.29, 0.717) is 12.1 Å². The highest BCUT2D eigenvalue weighted by Gasteiger charge is 2.35. The van der Waals surface area contributed by atoms with E-state index >= 15 is 0 Å². The summed E-state index contributed by atoms with van der Waals surface area (Å²) in [6.45, 7) is 0. The number of hydrogen-bond donors (Lipinski definition) is 0. The second-order valence-corrected chi connectivity index (χ2v) is 4.27. The third kappa shape index (κ3) is 3.13. The van der Waals surface area contributed by atoms with E-state index in [-0.39, 0.29) is 5.56 Å². The van der Waals surface area contributed by atoms with Gasteiger partial charge in [-0.1, -0.05) is 6.07 Å². The molecule has 0 N–H and O–H groups in total. The van der Waals surface area contributed by atoms with Crippen LogP contribution in [-0.4, -0.2) is 24.9 Å². The first kappa shape index (κ1) is 14.8. The van der Waals surface area contributed by atoms with Crippen LogP contribution in [0.15, 0.2) is 18.2 Å². The number of carbonyl (C=O) groups is 1. The highest BCUT2D eigenvalue weighted by atomic mass is 35.5. The molecule has 18 heavy (non-hydrogen) atoms. The van der Waals surface area contributed by atoms with Crippen LogP contribution in [0.2, 0.25) is 0 Å². The second kappa shape index (κ2) is 5.14. The minimum absolute atomic E-state index is 0.0934. The van der Waals surface area contributed by atoms with Gasteiger partial charge in [-0.3, -0.25) is 4.79 Å². The Morgan fingerprint density at radius 3 is 2.33 bits per heavy atom. The van der Waals surface area contributed by atoms with Crippen molar-refractivity contribution in [2.45, 2.75) is 11.6 Å². The van der Waals surface area contributed by atoms with Crippen molar-refractivity contribution in [3.8, 4) is 0 Å². The van der Waals surface area contributed by atoms with Crippen LogP contribution in [0.4, 0.5) is 17.6 Å². The molecule has 1 amide bonds. The van der Waals surface area contributed by atoms with Gasteiger partial charge in [0.25, 0.3) is 0 Å². The summed E-state index contributed by atoms with van der Waals surface area (Å²) in [5, 5.41) is -1.28. The van der Waals surface area contributed by atoms with E-state index in [0.717, 1.165) is 11.0 Å². The molecular weight excluding hydrogens is 274 g/mol. The highest BCUT2D eigenvalue weighted by Crippen LogP contribution is 2.34. The first-order valence-corrected chi connectivity index (χ1v) is 5.30. The Balaban J connectivity index is 3.17. The minimum atomic E-state index is -4.82. The van der Waals surface area contributed by atoms with Crippen LogP contribution >= 0.6 is 11.6 Å². The number of amides is 1. The lowest BCUT2D eigenvalue weighted by molar-refractivity contribution is -0.140. The fraction of sp³-hybridized carbons (Fsp3) is 0.364. The standard InChI is InChI=1S/C11H10ClF4NO/c1-17(2)10(18)9(12)6-3-4-8(13)7(5-6)11(14,15)16/h3-5,9H,1-2H3. The first-order chi connectivity index (χ1) is 8.14. The number of rotatable bonds is 2. The van der Waals surface area contributed by atoms with Crippen molar-refractivity contribution < 1.29 is 22.4 Å². The number of carbonyl (C=O) groups excluding carboxylic acids is 1. The monoisotopic (exact) mass is 283 g/mol. The Bertz CT molecular complexity index is 459. The lowest BCUT2D eigenvalue weighted by Crippen LogP contribution is -2.25. The lowest BCUT2D eigenvalue weighted by Gasteiger charge is -2.17. The number of alkyl halides is 4. The zero-order valence-electron chi connectivity index (χ0n) is 9.55. The van der Waals surface area contributed by atoms with Crippen molar-refractivity contribution in [1.29, 1.82) is 0 Å². The van der Waals surface area contributed by atoms with Crippen LogP contribution in [0.5, 0.6) is 0 Å². The molecule has 0 spiro atoms. The fourth-order valence-corrected chi connectivity index (χ4v) is 1.62. The number of likely N-dealkylation sites (N-methyl/N-ethyl adjacent to an activating group) is 1. The maximum absolute atomic E-state index is 13.0. The van der Waals surface area contributed by atoms with Crippen LogP contribution in [-0.2, 0) is 11.0 Å². The molecule has 100 valence electrons. The lowest BCUT2D eigenvalue weighted by atomic mass is 10.1. The van der Waals surface area contributed by atoms with E-state index in [9.17, 15) is 22.4 Å². The maximum atomic E-state index is 13.0. The summed E-state index contributed by atoms with van der Waals surface area (Å²) in [4.78, 5) is 12.7. The SMILES string of the molecule is CN(C)C(=O)C(Cl)c1ccc(F)c(C(F)(F)F)c1. The first-order valence-electron chi connectivity index (χ1n) is 4.86. The summed E-state index contributed by atoms with van der Waals surface area (Å²) in [6, 6.07) is 2.26. The van der Waals surface area contributed by atoms with E-state index in [1.165, 1.54) is 14.1 Å². The third-order valence-electron chi connectivity index (χ3n) is 2.25. The Kier molecular flexibility index (Phi) is 4.21. The number of nitrogens with zero attached hydrogens (tertiary/aromatic N) is 1. The normalized spacial score (nSPS) is 13.3. The quantitative estimate of drug-likeness (QED) is 0.603. The van der Waals surface area contributed by atoms with Crippen molar-refractivity contribution in [2.75, 3.05) is 14.1 Å². The molecule has 7 heteroatoms. The van der Waals surface area contributed by atoms with Gasteiger partial charge in [0.1, 0.15) is 11.2 Å². The van der Waals surface area contributed by atoms with Gasteiger partial charge < -0.3 is 4.90 Å². The van der Waals surface area contributed by atoms with Gasteiger partial charge in [-0.05, 0) is 17.7 Å². The van der Waals surface area contributed by atoms with E-state index in [2.05, 4.69) is 0 Å². The van der Waals surface area contributed by atoms with Crippen LogP contribution in [0, 0.1) is 5.82 Å². The minimum Gasteiger partial charge on any atom is -0.347 e. The summed E-state index contributed by atoms with van der Waals surface area (Å²) in [6.07, 6.45) is -4.82. The van der Waals surface area contributed by atoms with Crippen molar-refractivity contribution >= 4 is 17.5 Å². The summed E-state index contributed by atoms with van der Waals surface area (Å²) >= 11 is 5.75. The van der Waals surface area contributed by atoms with Gasteiger partial charge in [0.2, 0.25) is 5.91 Å². The van der Waals surface area contributed by atoms with Crippen molar-refractivity contribution in [1.82, 2.24) is 4.90 Å². The van der Waals surface area contributed by atoms with Crippen LogP contribution in [0.25, 0.3) is 0 Å². The van der Waals surface area contributed by atoms with E-state index in [1.54, 1.807) is 0 Å². The molecule has 2 nitrogen and oxygen atoms in total. The molecule has 0 aliphatic rings. The molecule has 0 heterocycles. The highest BCUT2D eigenvalue weighted by molar-refractivity contribution is 6.30. The molecule has 0 bridgehead atoms. The number of hydrogen-bond acceptors (Lipinski definition) is 1. The molecule has 0 radical (unpaired) electrons. The molecule has 1 aromatic rings. The average Bonchev–Trinajstić information content (AvgIpc) is 2.26. The molecule has 0 aliphatic heterocycles. The van der Waals surface area contributed by atoms with Crippen molar-refractivity contribution in [3.05, 3.63) is 35.1 Å². The number of halogens is 5. The van der Waals surface area contributed by atoms with Crippen LogP contribution in [0.3, 0.4) is 0 Å². The summed E-state index contributed by atoms with van der Waals surface area (Å²) in [5.74, 6) is -1.97. The van der Waals surface area contributed by atoms with Gasteiger partial charge in [0.15, 0.2) is 0 Å². The van der Waals surface area contributed by atoms with Gasteiger partial charge in [0.05, 0.1) is 5.56 Å². The van der Waals surface area contributed by atoms with Crippen molar-refractivity contribution in [2.24, 2.45) is 0 Å². The molecule has 1 aromatic carbocycles. The molecule has 0 saturated heterocycles. The van der Waals surface area contributed by atoms with Gasteiger partial charge in [-0.15, -0.1) is 11.6 Å². The predicted molar refractivity (Wildman–Crippen MR) is 58.7 cm³/mol. The molecule has 1 rings (SSSR count). The van der Waals surface area contributed by atoms with Gasteiger partial charge in [0, 0.05) is 14.1 Å². The van der Waals surface area contributed by atoms with E-state index in [1.807, 2.05) is 0 Å². The smallest absolute Gasteiger partial charge is 0.347 e. The topological polar surface area (TPSA) is 20.3 Å². The molecule has 1 unspecified atom stereocenters. The predicted octanol–water partition coefficient (Wildman–Crippen LogP) is 3.21. The summed E-state index contributed by atoms with van der Waals surface area (Å²) in [7, 11) is 2.85. The fourth-order valence-electron chi connectivity index (χ4n) is 1.29. The molecule has 0 fully saturated rings. The van der Waals surface area contributed by atoms with Gasteiger partial charge in [-0.2, -0.15) is 13.2 Å². The maximum Gasteiger partial charge on any atom is 0.419 e. The third-order valence-corrected chi connectivity index (χ3v) is 2.68. The Hall–Kier alpha value is -1.30. The molecule has 1 atom stereocenters. The van der Waals surface area contributed by atoms with Crippen molar-refractivity contribution in [3.63, 3.8) is 0 Å². The molecule has 0 saturated carbocycles. The van der Waals surface area contributed by atoms with Crippen LogP contribution in [0.1, 0.15) is 16.5 Å². The molecule has 0 aliphatic carbocycles. The molecular formula is C11H10ClF4NO. The number of benzene rings is 1. The Morgan fingerprint density at radius 2 is 1.89 bits per heavy atom. The largest absolute Gasteiger partial charge is 0.419 e. The second-order valence-electron chi connectivity index (χ2n) is 3.83. The van der Waals surface area contributed by atoms with Crippen LogP contribution < -0.4 is 0 Å². The van der Waals surface area contributed by atoms with E-state index < -0.39 is 28.8 Å². The van der Waals surface area contributed by atoms with Gasteiger partial charge >= 0.3 is 6.18 Å². The van der Waals surface area contributed by atoms with Gasteiger partial charge in [-0.25, -0.2) is 4.39 Å². The zero-order valence-corrected chi connectivity index (χ0v) is 10.3. The zero-order chi connectivity index (χ0) is 14.1. The molecule has 0 aromatic heterocycles. The Labute approximate surface area is 106 Å². The average molecular weight is 284 g/mol. The summed E-state index contributed by atoms with van der Waals surface area (Å²) < 4.78 is 50.5. The Morgan fingerprint density at radius 1 is 1.33 bits per heavy atom. The summed E-state index contributed by atoms with van der Waals surface area (Å²) in [5.41, 5.74) is -1.53. The van der Waals surface area contributed by atoms with E-state index in [4.69, 9.17) is 11.6 Å².